The van der Waals surface area contributed by atoms with Crippen molar-refractivity contribution in [1.29, 1.82) is 0 Å². The SMILES string of the molecule is CCCCN1C(=O)[C@@H](CC2CCCCC2)NC(=O)C12CCN(Cc1ccc3c(c1)OCCO3)CC2.Cl. The maximum Gasteiger partial charge on any atom is 0.246 e. The van der Waals surface area contributed by atoms with Crippen molar-refractivity contribution in [2.24, 2.45) is 5.92 Å². The van der Waals surface area contributed by atoms with Crippen molar-refractivity contribution in [1.82, 2.24) is 15.1 Å². The Bertz CT molecular complexity index is 912. The predicted octanol–water partition coefficient (Wildman–Crippen LogP) is 4.31. The fourth-order valence-corrected chi connectivity index (χ4v) is 6.45. The molecule has 0 aromatic heterocycles. The second-order valence-corrected chi connectivity index (χ2v) is 10.9. The van der Waals surface area contributed by atoms with Crippen LogP contribution in [0.4, 0.5) is 0 Å². The number of hydrogen-bond acceptors (Lipinski definition) is 5. The van der Waals surface area contributed by atoms with Gasteiger partial charge in [-0.25, -0.2) is 0 Å². The summed E-state index contributed by atoms with van der Waals surface area (Å²) in [6.45, 7) is 6.42. The molecule has 1 N–H and O–H groups in total. The summed E-state index contributed by atoms with van der Waals surface area (Å²) in [7, 11) is 0. The number of nitrogens with zero attached hydrogens (tertiary/aromatic N) is 2. The first kappa shape index (κ1) is 27.1. The van der Waals surface area contributed by atoms with Crippen molar-refractivity contribution < 1.29 is 19.1 Å². The zero-order valence-corrected chi connectivity index (χ0v) is 22.5. The number of nitrogens with one attached hydrogen (secondary N) is 1. The summed E-state index contributed by atoms with van der Waals surface area (Å²) in [6.07, 6.45) is 10.3. The number of ether oxygens (including phenoxy) is 2. The number of benzene rings is 1. The van der Waals surface area contributed by atoms with Gasteiger partial charge in [0.1, 0.15) is 24.8 Å². The third-order valence-electron chi connectivity index (χ3n) is 8.53. The lowest BCUT2D eigenvalue weighted by molar-refractivity contribution is -0.162. The van der Waals surface area contributed by atoms with Crippen LogP contribution in [0.25, 0.3) is 0 Å². The van der Waals surface area contributed by atoms with Crippen LogP contribution in [0, 0.1) is 5.92 Å². The number of halogens is 1. The van der Waals surface area contributed by atoms with Crippen LogP contribution in [0.3, 0.4) is 0 Å². The van der Waals surface area contributed by atoms with Gasteiger partial charge in [-0.2, -0.15) is 0 Å². The molecule has 4 aliphatic rings. The zero-order valence-electron chi connectivity index (χ0n) is 21.6. The third-order valence-corrected chi connectivity index (χ3v) is 8.53. The van der Waals surface area contributed by atoms with Crippen molar-refractivity contribution in [3.63, 3.8) is 0 Å². The van der Waals surface area contributed by atoms with Crippen LogP contribution in [0.15, 0.2) is 18.2 Å². The third kappa shape index (κ3) is 5.62. The minimum atomic E-state index is -0.696. The quantitative estimate of drug-likeness (QED) is 0.581. The Morgan fingerprint density at radius 1 is 1.03 bits per heavy atom. The van der Waals surface area contributed by atoms with Gasteiger partial charge in [0, 0.05) is 26.2 Å². The first-order valence-corrected chi connectivity index (χ1v) is 13.8. The molecular formula is C28H42ClN3O4. The average Bonchev–Trinajstić information content (AvgIpc) is 2.89. The molecule has 36 heavy (non-hydrogen) atoms. The second-order valence-electron chi connectivity index (χ2n) is 10.9. The van der Waals surface area contributed by atoms with Gasteiger partial charge in [-0.1, -0.05) is 51.5 Å². The van der Waals surface area contributed by atoms with Crippen molar-refractivity contribution in [2.75, 3.05) is 32.8 Å². The number of unbranched alkanes of at least 4 members (excludes halogenated alkanes) is 1. The van der Waals surface area contributed by atoms with Gasteiger partial charge in [-0.3, -0.25) is 14.5 Å². The van der Waals surface area contributed by atoms with Gasteiger partial charge in [-0.05, 0) is 49.3 Å². The summed E-state index contributed by atoms with van der Waals surface area (Å²) >= 11 is 0. The van der Waals surface area contributed by atoms with E-state index in [9.17, 15) is 9.59 Å². The Labute approximate surface area is 221 Å². The average molecular weight is 520 g/mol. The van der Waals surface area contributed by atoms with E-state index in [-0.39, 0.29) is 30.3 Å². The van der Waals surface area contributed by atoms with Gasteiger partial charge in [0.05, 0.1) is 0 Å². The van der Waals surface area contributed by atoms with Crippen LogP contribution in [0.2, 0.25) is 0 Å². The number of carbonyl (C=O) groups excluding carboxylic acids is 2. The van der Waals surface area contributed by atoms with Crippen LogP contribution in [-0.2, 0) is 16.1 Å². The molecule has 1 saturated carbocycles. The summed E-state index contributed by atoms with van der Waals surface area (Å²) in [6, 6.07) is 5.81. The van der Waals surface area contributed by atoms with Crippen LogP contribution in [0.1, 0.15) is 76.7 Å². The van der Waals surface area contributed by atoms with E-state index in [1.54, 1.807) is 0 Å². The van der Waals surface area contributed by atoms with E-state index in [0.717, 1.165) is 50.4 Å². The molecule has 1 aromatic carbocycles. The van der Waals surface area contributed by atoms with Gasteiger partial charge < -0.3 is 19.7 Å². The van der Waals surface area contributed by atoms with Gasteiger partial charge in [0.2, 0.25) is 11.8 Å². The van der Waals surface area contributed by atoms with E-state index in [1.807, 2.05) is 11.0 Å². The molecule has 3 fully saturated rings. The Morgan fingerprint density at radius 2 is 1.75 bits per heavy atom. The number of rotatable bonds is 7. The molecule has 8 heteroatoms. The lowest BCUT2D eigenvalue weighted by Gasteiger charge is -2.52. The Balaban J connectivity index is 0.00000304. The molecule has 5 rings (SSSR count). The number of fused-ring (bicyclic) bond motifs is 1. The molecule has 200 valence electrons. The van der Waals surface area contributed by atoms with Gasteiger partial charge in [-0.15, -0.1) is 12.4 Å². The number of amides is 2. The number of carbonyl (C=O) groups is 2. The molecule has 1 aliphatic carbocycles. The number of likely N-dealkylation sites (tertiary alicyclic amines) is 1. The molecule has 7 nitrogen and oxygen atoms in total. The lowest BCUT2D eigenvalue weighted by Crippen LogP contribution is -2.73. The number of piperidine rings is 1. The van der Waals surface area contributed by atoms with Crippen LogP contribution in [0.5, 0.6) is 11.5 Å². The predicted molar refractivity (Wildman–Crippen MR) is 142 cm³/mol. The fourth-order valence-electron chi connectivity index (χ4n) is 6.45. The largest absolute Gasteiger partial charge is 0.486 e. The maximum absolute atomic E-state index is 13.7. The van der Waals surface area contributed by atoms with Crippen molar-refractivity contribution in [2.45, 2.75) is 89.3 Å². The fraction of sp³-hybridized carbons (Fsp3) is 0.714. The maximum atomic E-state index is 13.7. The summed E-state index contributed by atoms with van der Waals surface area (Å²) in [5.74, 6) is 2.42. The smallest absolute Gasteiger partial charge is 0.246 e. The second kappa shape index (κ2) is 12.0. The highest BCUT2D eigenvalue weighted by Crippen LogP contribution is 2.37. The van der Waals surface area contributed by atoms with Gasteiger partial charge in [0.15, 0.2) is 11.5 Å². The molecule has 1 spiro atoms. The molecule has 0 radical (unpaired) electrons. The topological polar surface area (TPSA) is 71.1 Å². The molecular weight excluding hydrogens is 478 g/mol. The van der Waals surface area contributed by atoms with E-state index in [4.69, 9.17) is 9.47 Å². The highest BCUT2D eigenvalue weighted by Gasteiger charge is 2.53. The van der Waals surface area contributed by atoms with Gasteiger partial charge in [0.25, 0.3) is 0 Å². The summed E-state index contributed by atoms with van der Waals surface area (Å²) in [5.41, 5.74) is 0.489. The van der Waals surface area contributed by atoms with E-state index < -0.39 is 5.54 Å². The van der Waals surface area contributed by atoms with Gasteiger partial charge >= 0.3 is 0 Å². The molecule has 0 bridgehead atoms. The van der Waals surface area contributed by atoms with Crippen molar-refractivity contribution in [3.05, 3.63) is 23.8 Å². The van der Waals surface area contributed by atoms with Crippen LogP contribution >= 0.6 is 12.4 Å². The Morgan fingerprint density at radius 3 is 2.47 bits per heavy atom. The van der Waals surface area contributed by atoms with E-state index in [0.29, 0.717) is 38.5 Å². The molecule has 3 heterocycles. The molecule has 1 aromatic rings. The number of hydrogen-bond donors (Lipinski definition) is 1. The molecule has 2 saturated heterocycles. The summed E-state index contributed by atoms with van der Waals surface area (Å²) < 4.78 is 11.4. The molecule has 3 aliphatic heterocycles. The first-order valence-electron chi connectivity index (χ1n) is 13.8. The van der Waals surface area contributed by atoms with Crippen LogP contribution in [-0.4, -0.2) is 66.0 Å². The standard InChI is InChI=1S/C28H41N3O4.ClH/c1-2-3-13-31-26(32)23(18-21-7-5-4-6-8-21)29-27(33)28(31)11-14-30(15-12-28)20-22-9-10-24-25(19-22)35-17-16-34-24;/h9-10,19,21,23H,2-8,11-18,20H2,1H3,(H,29,33);1H/t23-;/m1./s1. The summed E-state index contributed by atoms with van der Waals surface area (Å²) in [4.78, 5) is 31.7. The Kier molecular flexibility index (Phi) is 9.05. The number of piperazine rings is 1. The van der Waals surface area contributed by atoms with E-state index in [2.05, 4.69) is 29.3 Å². The summed E-state index contributed by atoms with van der Waals surface area (Å²) in [5, 5.41) is 3.20. The highest BCUT2D eigenvalue weighted by atomic mass is 35.5. The van der Waals surface area contributed by atoms with E-state index >= 15 is 0 Å². The molecule has 1 atom stereocenters. The Hall–Kier alpha value is -1.99. The minimum absolute atomic E-state index is 0. The lowest BCUT2D eigenvalue weighted by atomic mass is 9.79. The highest BCUT2D eigenvalue weighted by molar-refractivity contribution is 6.00. The molecule has 2 amide bonds. The first-order chi connectivity index (χ1) is 17.1. The normalized spacial score (nSPS) is 24.4. The monoisotopic (exact) mass is 519 g/mol. The van der Waals surface area contributed by atoms with Crippen LogP contribution < -0.4 is 14.8 Å². The van der Waals surface area contributed by atoms with E-state index in [1.165, 1.54) is 37.7 Å². The van der Waals surface area contributed by atoms with Crippen molar-refractivity contribution >= 4 is 24.2 Å². The van der Waals surface area contributed by atoms with Crippen molar-refractivity contribution in [3.8, 4) is 11.5 Å². The minimum Gasteiger partial charge on any atom is -0.486 e. The molecule has 0 unspecified atom stereocenters. The zero-order chi connectivity index (χ0) is 24.3.